The number of nitrogens with one attached hydrogen (secondary N) is 1. The second-order valence-corrected chi connectivity index (χ2v) is 6.25. The fourth-order valence-corrected chi connectivity index (χ4v) is 2.66. The third-order valence-corrected chi connectivity index (χ3v) is 4.21. The van der Waals surface area contributed by atoms with Crippen LogP contribution >= 0.6 is 35.0 Å². The quantitative estimate of drug-likeness (QED) is 0.874. The molecule has 0 saturated carbocycles. The number of carbonyl (C=O) groups excluding carboxylic acids is 1. The number of anilines is 1. The highest BCUT2D eigenvalue weighted by Gasteiger charge is 2.18. The van der Waals surface area contributed by atoms with Crippen molar-refractivity contribution in [2.24, 2.45) is 7.05 Å². The Morgan fingerprint density at radius 1 is 1.45 bits per heavy atom. The molecule has 0 saturated heterocycles. The van der Waals surface area contributed by atoms with Crippen LogP contribution in [-0.4, -0.2) is 25.9 Å². The van der Waals surface area contributed by atoms with Gasteiger partial charge in [0.15, 0.2) is 5.16 Å². The van der Waals surface area contributed by atoms with Crippen LogP contribution in [0.1, 0.15) is 6.92 Å². The lowest BCUT2D eigenvalue weighted by Gasteiger charge is -2.12. The van der Waals surface area contributed by atoms with Gasteiger partial charge in [-0.25, -0.2) is 0 Å². The molecule has 0 aliphatic rings. The monoisotopic (exact) mass is 330 g/mol. The summed E-state index contributed by atoms with van der Waals surface area (Å²) in [5.41, 5.74) is 0.534. The zero-order valence-corrected chi connectivity index (χ0v) is 13.1. The van der Waals surface area contributed by atoms with Crippen molar-refractivity contribution in [3.05, 3.63) is 34.6 Å². The van der Waals surface area contributed by atoms with Crippen LogP contribution in [0.4, 0.5) is 5.69 Å². The highest BCUT2D eigenvalue weighted by atomic mass is 35.5. The van der Waals surface area contributed by atoms with Crippen molar-refractivity contribution < 1.29 is 4.79 Å². The molecule has 2 aromatic rings. The van der Waals surface area contributed by atoms with Gasteiger partial charge in [-0.05, 0) is 25.1 Å². The molecule has 0 fully saturated rings. The molecule has 0 radical (unpaired) electrons. The van der Waals surface area contributed by atoms with Gasteiger partial charge in [-0.2, -0.15) is 0 Å². The molecular weight excluding hydrogens is 319 g/mol. The topological polar surface area (TPSA) is 59.8 Å². The van der Waals surface area contributed by atoms with Crippen LogP contribution in [0, 0.1) is 0 Å². The van der Waals surface area contributed by atoms with Crippen molar-refractivity contribution in [1.29, 1.82) is 0 Å². The van der Waals surface area contributed by atoms with Crippen molar-refractivity contribution in [2.75, 3.05) is 5.32 Å². The van der Waals surface area contributed by atoms with E-state index in [0.717, 1.165) is 0 Å². The van der Waals surface area contributed by atoms with Crippen molar-refractivity contribution in [1.82, 2.24) is 14.8 Å². The number of hydrogen-bond donors (Lipinski definition) is 1. The third-order valence-electron chi connectivity index (χ3n) is 2.51. The van der Waals surface area contributed by atoms with E-state index in [4.69, 9.17) is 23.2 Å². The van der Waals surface area contributed by atoms with E-state index in [2.05, 4.69) is 15.5 Å². The second kappa shape index (κ2) is 6.47. The van der Waals surface area contributed by atoms with E-state index in [-0.39, 0.29) is 11.2 Å². The molecule has 20 heavy (non-hydrogen) atoms. The Kier molecular flexibility index (Phi) is 4.91. The van der Waals surface area contributed by atoms with E-state index in [1.807, 2.05) is 7.05 Å². The van der Waals surface area contributed by atoms with Crippen molar-refractivity contribution in [3.8, 4) is 0 Å². The highest BCUT2D eigenvalue weighted by molar-refractivity contribution is 8.00. The molecule has 0 aliphatic carbocycles. The summed E-state index contributed by atoms with van der Waals surface area (Å²) >= 11 is 13.1. The normalized spacial score (nSPS) is 12.2. The lowest BCUT2D eigenvalue weighted by Crippen LogP contribution is -2.23. The zero-order valence-electron chi connectivity index (χ0n) is 10.8. The maximum Gasteiger partial charge on any atom is 0.237 e. The largest absolute Gasteiger partial charge is 0.324 e. The number of aromatic nitrogens is 3. The number of rotatable bonds is 4. The van der Waals surface area contributed by atoms with Crippen LogP contribution < -0.4 is 5.32 Å². The molecule has 0 spiro atoms. The number of thioether (sulfide) groups is 1. The Bertz CT molecular complexity index is 632. The minimum atomic E-state index is -0.329. The van der Waals surface area contributed by atoms with E-state index in [1.54, 1.807) is 36.0 Å². The first-order valence-electron chi connectivity index (χ1n) is 5.74. The summed E-state index contributed by atoms with van der Waals surface area (Å²) in [6, 6.07) is 4.92. The van der Waals surface area contributed by atoms with Crippen LogP contribution in [0.3, 0.4) is 0 Å². The molecular formula is C12H12Cl2N4OS. The summed E-state index contributed by atoms with van der Waals surface area (Å²) in [5.74, 6) is -0.165. The number of aryl methyl sites for hydroxylation is 1. The predicted molar refractivity (Wildman–Crippen MR) is 81.4 cm³/mol. The average Bonchev–Trinajstić information content (AvgIpc) is 2.78. The average molecular weight is 331 g/mol. The maximum atomic E-state index is 12.1. The Morgan fingerprint density at radius 3 is 2.80 bits per heavy atom. The van der Waals surface area contributed by atoms with Gasteiger partial charge in [0.25, 0.3) is 0 Å². The number of halogens is 2. The first kappa shape index (κ1) is 15.2. The zero-order chi connectivity index (χ0) is 14.7. The molecule has 1 aromatic carbocycles. The van der Waals surface area contributed by atoms with Gasteiger partial charge in [0.05, 0.1) is 16.0 Å². The molecule has 1 unspecified atom stereocenters. The van der Waals surface area contributed by atoms with Crippen LogP contribution in [0.5, 0.6) is 0 Å². The maximum absolute atomic E-state index is 12.1. The van der Waals surface area contributed by atoms with Crippen LogP contribution in [-0.2, 0) is 11.8 Å². The molecule has 0 aliphatic heterocycles. The Balaban J connectivity index is 2.02. The lowest BCUT2D eigenvalue weighted by molar-refractivity contribution is -0.115. The van der Waals surface area contributed by atoms with Crippen molar-refractivity contribution in [2.45, 2.75) is 17.3 Å². The Morgan fingerprint density at radius 2 is 2.20 bits per heavy atom. The van der Waals surface area contributed by atoms with E-state index >= 15 is 0 Å². The summed E-state index contributed by atoms with van der Waals surface area (Å²) in [7, 11) is 1.82. The predicted octanol–water partition coefficient (Wildman–Crippen LogP) is 3.24. The van der Waals surface area contributed by atoms with E-state index in [0.29, 0.717) is 20.9 Å². The van der Waals surface area contributed by atoms with Crippen LogP contribution in [0.2, 0.25) is 10.0 Å². The summed E-state index contributed by atoms with van der Waals surface area (Å²) in [6.45, 7) is 1.79. The number of carbonyl (C=O) groups is 1. The van der Waals surface area contributed by atoms with Crippen LogP contribution in [0.25, 0.3) is 0 Å². The lowest BCUT2D eigenvalue weighted by atomic mass is 10.3. The molecule has 1 aromatic heterocycles. The number of benzene rings is 1. The second-order valence-electron chi connectivity index (χ2n) is 4.10. The number of amides is 1. The summed E-state index contributed by atoms with van der Waals surface area (Å²) in [4.78, 5) is 12.1. The van der Waals surface area contributed by atoms with E-state index in [1.165, 1.54) is 11.8 Å². The van der Waals surface area contributed by atoms with Gasteiger partial charge >= 0.3 is 0 Å². The number of nitrogens with zero attached hydrogens (tertiary/aromatic N) is 3. The van der Waals surface area contributed by atoms with Crippen LogP contribution in [0.15, 0.2) is 29.7 Å². The molecule has 0 bridgehead atoms. The molecule has 1 atom stereocenters. The van der Waals surface area contributed by atoms with Gasteiger partial charge < -0.3 is 9.88 Å². The summed E-state index contributed by atoms with van der Waals surface area (Å²) in [5, 5.41) is 11.7. The molecule has 2 rings (SSSR count). The number of hydrogen-bond acceptors (Lipinski definition) is 4. The molecule has 5 nitrogen and oxygen atoms in total. The first-order valence-corrected chi connectivity index (χ1v) is 7.37. The summed E-state index contributed by atoms with van der Waals surface area (Å²) in [6.07, 6.45) is 1.59. The van der Waals surface area contributed by atoms with Crippen molar-refractivity contribution >= 4 is 46.6 Å². The van der Waals surface area contributed by atoms with E-state index in [9.17, 15) is 4.79 Å². The Labute approximate surface area is 130 Å². The first-order chi connectivity index (χ1) is 9.47. The minimum Gasteiger partial charge on any atom is -0.324 e. The van der Waals surface area contributed by atoms with Crippen molar-refractivity contribution in [3.63, 3.8) is 0 Å². The third kappa shape index (κ3) is 3.65. The van der Waals surface area contributed by atoms with Gasteiger partial charge in [0, 0.05) is 12.1 Å². The molecule has 1 heterocycles. The van der Waals surface area contributed by atoms with Gasteiger partial charge in [-0.1, -0.05) is 35.0 Å². The fraction of sp³-hybridized carbons (Fsp3) is 0.250. The fourth-order valence-electron chi connectivity index (χ4n) is 1.42. The molecule has 106 valence electrons. The highest BCUT2D eigenvalue weighted by Crippen LogP contribution is 2.27. The standard InChI is InChI=1S/C12H12Cl2N4OS/c1-7(20-12-17-15-6-18(12)2)11(19)16-10-4-3-8(13)5-9(10)14/h3-7H,1-2H3,(H,16,19). The SMILES string of the molecule is CC(Sc1nncn1C)C(=O)Nc1ccc(Cl)cc1Cl. The van der Waals surface area contributed by atoms with E-state index < -0.39 is 0 Å². The van der Waals surface area contributed by atoms with Gasteiger partial charge in [-0.15, -0.1) is 10.2 Å². The Hall–Kier alpha value is -1.24. The minimum absolute atomic E-state index is 0.165. The molecule has 1 amide bonds. The summed E-state index contributed by atoms with van der Waals surface area (Å²) < 4.78 is 1.75. The molecule has 1 N–H and O–H groups in total. The smallest absolute Gasteiger partial charge is 0.237 e. The van der Waals surface area contributed by atoms with Gasteiger partial charge in [0.2, 0.25) is 5.91 Å². The van der Waals surface area contributed by atoms with Gasteiger partial charge in [0.1, 0.15) is 6.33 Å². The molecule has 8 heteroatoms. The van der Waals surface area contributed by atoms with Gasteiger partial charge in [-0.3, -0.25) is 4.79 Å².